The minimum atomic E-state index is -3.92. The maximum atomic E-state index is 10.7. The molecule has 1 atom stereocenters. The summed E-state index contributed by atoms with van der Waals surface area (Å²) in [6.07, 6.45) is 1.30. The van der Waals surface area contributed by atoms with E-state index < -0.39 is 13.6 Å². The summed E-state index contributed by atoms with van der Waals surface area (Å²) in [5, 5.41) is 0. The van der Waals surface area contributed by atoms with E-state index in [-0.39, 0.29) is 12.3 Å². The normalized spacial score (nSPS) is 13.4. The largest absolute Gasteiger partial charge is 0.460 e. The average molecular weight is 222 g/mol. The summed E-state index contributed by atoms with van der Waals surface area (Å²) in [4.78, 5) is 27.8. The Morgan fingerprint density at radius 1 is 1.64 bits per heavy atom. The van der Waals surface area contributed by atoms with Crippen molar-refractivity contribution in [3.63, 3.8) is 0 Å². The molecule has 0 aromatic carbocycles. The smallest absolute Gasteiger partial charge is 0.330 e. The monoisotopic (exact) mass is 222 g/mol. The second-order valence-electron chi connectivity index (χ2n) is 2.98. The molecule has 2 N–H and O–H groups in total. The number of hydrogen-bond donors (Lipinski definition) is 2. The van der Waals surface area contributed by atoms with Gasteiger partial charge in [0.2, 0.25) is 0 Å². The molecule has 0 aromatic heterocycles. The fourth-order valence-corrected chi connectivity index (χ4v) is 1.48. The lowest BCUT2D eigenvalue weighted by atomic mass is 10.2. The molecular formula is C8H15O5P. The Kier molecular flexibility index (Phi) is 5.69. The first-order chi connectivity index (χ1) is 6.35. The van der Waals surface area contributed by atoms with Crippen molar-refractivity contribution in [3.8, 4) is 0 Å². The van der Waals surface area contributed by atoms with E-state index >= 15 is 0 Å². The molecule has 0 rings (SSSR count). The Morgan fingerprint density at radius 3 is 2.64 bits per heavy atom. The Morgan fingerprint density at radius 2 is 2.21 bits per heavy atom. The van der Waals surface area contributed by atoms with Gasteiger partial charge in [0.15, 0.2) is 0 Å². The molecule has 0 bridgehead atoms. The number of hydrogen-bond acceptors (Lipinski definition) is 3. The van der Waals surface area contributed by atoms with Gasteiger partial charge in [0.05, 0.1) is 6.10 Å². The van der Waals surface area contributed by atoms with E-state index in [2.05, 4.69) is 6.58 Å². The van der Waals surface area contributed by atoms with Gasteiger partial charge in [-0.2, -0.15) is 0 Å². The highest BCUT2D eigenvalue weighted by atomic mass is 31.2. The summed E-state index contributed by atoms with van der Waals surface area (Å²) in [5.74, 6) is -0.520. The van der Waals surface area contributed by atoms with Crippen LogP contribution in [0.25, 0.3) is 0 Å². The fourth-order valence-electron chi connectivity index (χ4n) is 0.890. The van der Waals surface area contributed by atoms with Crippen LogP contribution < -0.4 is 0 Å². The zero-order chi connectivity index (χ0) is 11.2. The van der Waals surface area contributed by atoms with Crippen LogP contribution >= 0.6 is 7.60 Å². The highest BCUT2D eigenvalue weighted by Crippen LogP contribution is 2.35. The van der Waals surface area contributed by atoms with Gasteiger partial charge < -0.3 is 14.5 Å². The van der Waals surface area contributed by atoms with E-state index in [1.165, 1.54) is 0 Å². The first-order valence-corrected chi connectivity index (χ1v) is 6.02. The fraction of sp³-hybridized carbons (Fsp3) is 0.625. The predicted octanol–water partition coefficient (Wildman–Crippen LogP) is 1.06. The predicted molar refractivity (Wildman–Crippen MR) is 51.9 cm³/mol. The lowest BCUT2D eigenvalue weighted by Gasteiger charge is -2.11. The molecule has 0 aliphatic carbocycles. The summed E-state index contributed by atoms with van der Waals surface area (Å²) >= 11 is 0. The molecule has 0 saturated carbocycles. The molecule has 0 saturated heterocycles. The van der Waals surface area contributed by atoms with E-state index in [1.807, 2.05) is 0 Å². The van der Waals surface area contributed by atoms with Crippen LogP contribution in [-0.4, -0.2) is 28.0 Å². The molecule has 0 amide bonds. The van der Waals surface area contributed by atoms with Crippen molar-refractivity contribution < 1.29 is 23.9 Å². The van der Waals surface area contributed by atoms with E-state index in [9.17, 15) is 9.36 Å². The Labute approximate surface area is 82.9 Å². The van der Waals surface area contributed by atoms with E-state index in [0.29, 0.717) is 12.8 Å². The molecule has 82 valence electrons. The zero-order valence-corrected chi connectivity index (χ0v) is 8.94. The molecular weight excluding hydrogens is 207 g/mol. The second kappa shape index (κ2) is 5.96. The Bertz CT molecular complexity index is 244. The van der Waals surface area contributed by atoms with Crippen molar-refractivity contribution >= 4 is 13.6 Å². The number of esters is 1. The van der Waals surface area contributed by atoms with Crippen molar-refractivity contribution in [2.24, 2.45) is 0 Å². The van der Waals surface area contributed by atoms with Crippen LogP contribution in [0.15, 0.2) is 12.7 Å². The number of carbonyl (C=O) groups excluding carboxylic acids is 1. The van der Waals surface area contributed by atoms with Gasteiger partial charge >= 0.3 is 13.6 Å². The first-order valence-electron chi connectivity index (χ1n) is 4.23. The van der Waals surface area contributed by atoms with E-state index in [1.54, 1.807) is 6.92 Å². The molecule has 14 heavy (non-hydrogen) atoms. The second-order valence-corrected chi connectivity index (χ2v) is 4.76. The van der Waals surface area contributed by atoms with Gasteiger partial charge in [-0.25, -0.2) is 4.79 Å². The molecule has 0 spiro atoms. The van der Waals surface area contributed by atoms with Crippen LogP contribution in [0.5, 0.6) is 0 Å². The molecule has 6 heteroatoms. The Hall–Kier alpha value is -0.640. The van der Waals surface area contributed by atoms with Crippen LogP contribution in [0.1, 0.15) is 19.8 Å². The van der Waals surface area contributed by atoms with Crippen LogP contribution in [0.4, 0.5) is 0 Å². The van der Waals surface area contributed by atoms with Crippen LogP contribution in [0.2, 0.25) is 0 Å². The summed E-state index contributed by atoms with van der Waals surface area (Å²) in [7, 11) is -3.92. The Balaban J connectivity index is 3.64. The van der Waals surface area contributed by atoms with Crippen molar-refractivity contribution in [1.29, 1.82) is 0 Å². The zero-order valence-electron chi connectivity index (χ0n) is 8.05. The minimum Gasteiger partial charge on any atom is -0.460 e. The molecule has 0 aliphatic rings. The summed E-state index contributed by atoms with van der Waals surface area (Å²) in [6.45, 7) is 4.90. The standard InChI is InChI=1S/C8H15O5P/c1-3-8(9)13-7(2)5-4-6-14(10,11)12/h3,7H,1,4-6H2,2H3,(H2,10,11,12). The number of rotatable bonds is 6. The SMILES string of the molecule is C=CC(=O)OC(C)CCCP(=O)(O)O. The molecule has 5 nitrogen and oxygen atoms in total. The maximum absolute atomic E-state index is 10.7. The molecule has 0 aliphatic heterocycles. The molecule has 0 fully saturated rings. The third kappa shape index (κ3) is 7.98. The summed E-state index contributed by atoms with van der Waals surface area (Å²) < 4.78 is 15.3. The highest BCUT2D eigenvalue weighted by molar-refractivity contribution is 7.51. The summed E-state index contributed by atoms with van der Waals surface area (Å²) in [6, 6.07) is 0. The van der Waals surface area contributed by atoms with Crippen LogP contribution in [0, 0.1) is 0 Å². The quantitative estimate of drug-likeness (QED) is 0.399. The number of carbonyl (C=O) groups is 1. The van der Waals surface area contributed by atoms with Gasteiger partial charge in [0.25, 0.3) is 0 Å². The van der Waals surface area contributed by atoms with E-state index in [0.717, 1.165) is 6.08 Å². The van der Waals surface area contributed by atoms with Gasteiger partial charge in [0.1, 0.15) is 0 Å². The molecule has 0 heterocycles. The van der Waals surface area contributed by atoms with Crippen molar-refractivity contribution in [2.75, 3.05) is 6.16 Å². The first kappa shape index (κ1) is 13.4. The topological polar surface area (TPSA) is 83.8 Å². The van der Waals surface area contributed by atoms with E-state index in [4.69, 9.17) is 14.5 Å². The van der Waals surface area contributed by atoms with Crippen LogP contribution in [-0.2, 0) is 14.1 Å². The van der Waals surface area contributed by atoms with Crippen molar-refractivity contribution in [3.05, 3.63) is 12.7 Å². The van der Waals surface area contributed by atoms with Crippen molar-refractivity contribution in [2.45, 2.75) is 25.9 Å². The minimum absolute atomic E-state index is 0.178. The summed E-state index contributed by atoms with van der Waals surface area (Å²) in [5.41, 5.74) is 0. The lowest BCUT2D eigenvalue weighted by Crippen LogP contribution is -2.13. The van der Waals surface area contributed by atoms with Gasteiger partial charge in [-0.3, -0.25) is 4.57 Å². The average Bonchev–Trinajstić information content (AvgIpc) is 2.01. The molecule has 0 aromatic rings. The van der Waals surface area contributed by atoms with Gasteiger partial charge in [-0.1, -0.05) is 6.58 Å². The lowest BCUT2D eigenvalue weighted by molar-refractivity contribution is -0.142. The third-order valence-electron chi connectivity index (χ3n) is 1.54. The van der Waals surface area contributed by atoms with Gasteiger partial charge in [-0.05, 0) is 19.8 Å². The van der Waals surface area contributed by atoms with Gasteiger partial charge in [-0.15, -0.1) is 0 Å². The maximum Gasteiger partial charge on any atom is 0.330 e. The highest BCUT2D eigenvalue weighted by Gasteiger charge is 2.14. The van der Waals surface area contributed by atoms with Gasteiger partial charge in [0, 0.05) is 12.2 Å². The van der Waals surface area contributed by atoms with Crippen LogP contribution in [0.3, 0.4) is 0 Å². The number of ether oxygens (including phenoxy) is 1. The van der Waals surface area contributed by atoms with Crippen molar-refractivity contribution in [1.82, 2.24) is 0 Å². The molecule has 1 unspecified atom stereocenters. The molecule has 0 radical (unpaired) electrons. The third-order valence-corrected chi connectivity index (χ3v) is 2.44.